The lowest BCUT2D eigenvalue weighted by atomic mass is 10.1. The summed E-state index contributed by atoms with van der Waals surface area (Å²) in [6.07, 6.45) is 2.74. The van der Waals surface area contributed by atoms with Crippen LogP contribution in [0.15, 0.2) is 18.2 Å². The maximum atomic E-state index is 11.0. The van der Waals surface area contributed by atoms with Gasteiger partial charge in [0.25, 0.3) is 5.69 Å². The first-order chi connectivity index (χ1) is 9.65. The zero-order chi connectivity index (χ0) is 14.5. The van der Waals surface area contributed by atoms with Gasteiger partial charge < -0.3 is 5.43 Å². The second-order valence-corrected chi connectivity index (χ2v) is 4.86. The van der Waals surface area contributed by atoms with E-state index >= 15 is 0 Å². The van der Waals surface area contributed by atoms with Gasteiger partial charge in [-0.25, -0.2) is 0 Å². The Morgan fingerprint density at radius 3 is 2.85 bits per heavy atom. The van der Waals surface area contributed by atoms with Crippen molar-refractivity contribution in [2.75, 3.05) is 12.0 Å². The van der Waals surface area contributed by atoms with Crippen molar-refractivity contribution in [1.29, 1.82) is 5.26 Å². The molecule has 1 fully saturated rings. The third-order valence-corrected chi connectivity index (χ3v) is 3.37. The van der Waals surface area contributed by atoms with Gasteiger partial charge in [0.15, 0.2) is 0 Å². The number of hydrogen-bond acceptors (Lipinski definition) is 6. The van der Waals surface area contributed by atoms with Crippen molar-refractivity contribution in [1.82, 2.24) is 4.90 Å². The molecule has 0 unspecified atom stereocenters. The molecule has 0 saturated heterocycles. The van der Waals surface area contributed by atoms with Crippen molar-refractivity contribution in [3.05, 3.63) is 33.9 Å². The van der Waals surface area contributed by atoms with Gasteiger partial charge in [-0.05, 0) is 24.5 Å². The monoisotopic (exact) mass is 275 g/mol. The number of anilines is 1. The van der Waals surface area contributed by atoms with Gasteiger partial charge in [-0.15, -0.1) is 0 Å². The number of nitriles is 1. The molecule has 1 saturated carbocycles. The number of rotatable bonds is 7. The molecule has 7 heteroatoms. The topological polar surface area (TPSA) is 108 Å². The number of benzene rings is 1. The van der Waals surface area contributed by atoms with Crippen LogP contribution in [0.1, 0.15) is 24.8 Å². The smallest absolute Gasteiger partial charge is 0.293 e. The van der Waals surface area contributed by atoms with Crippen molar-refractivity contribution in [2.24, 2.45) is 5.84 Å². The van der Waals surface area contributed by atoms with Crippen LogP contribution in [0.5, 0.6) is 0 Å². The lowest BCUT2D eigenvalue weighted by Crippen LogP contribution is -2.26. The summed E-state index contributed by atoms with van der Waals surface area (Å²) >= 11 is 0. The summed E-state index contributed by atoms with van der Waals surface area (Å²) in [5, 5.41) is 19.7. The molecule has 20 heavy (non-hydrogen) atoms. The first-order valence-electron chi connectivity index (χ1n) is 6.50. The molecule has 0 atom stereocenters. The molecule has 7 nitrogen and oxygen atoms in total. The van der Waals surface area contributed by atoms with Crippen LogP contribution >= 0.6 is 0 Å². The molecule has 1 aliphatic rings. The van der Waals surface area contributed by atoms with Crippen LogP contribution in [0.2, 0.25) is 0 Å². The quantitative estimate of drug-likeness (QED) is 0.446. The van der Waals surface area contributed by atoms with Crippen LogP contribution in [-0.4, -0.2) is 22.4 Å². The van der Waals surface area contributed by atoms with Crippen molar-refractivity contribution >= 4 is 11.4 Å². The zero-order valence-corrected chi connectivity index (χ0v) is 11.1. The van der Waals surface area contributed by atoms with E-state index in [2.05, 4.69) is 16.4 Å². The Hall–Kier alpha value is -2.17. The SMILES string of the molecule is N#CCCN(Cc1ccc(NN)c([N+](=O)[O-])c1)C1CC1. The standard InChI is InChI=1S/C13H17N5O2/c14-6-1-7-17(11-3-4-11)9-10-2-5-12(16-15)13(8-10)18(19)20/h2,5,8,11,16H,1,3-4,7,9,15H2. The minimum atomic E-state index is -0.449. The van der Waals surface area contributed by atoms with Gasteiger partial charge in [0.05, 0.1) is 11.0 Å². The zero-order valence-electron chi connectivity index (χ0n) is 11.1. The van der Waals surface area contributed by atoms with E-state index in [4.69, 9.17) is 11.1 Å². The second kappa shape index (κ2) is 6.32. The number of hydrazine groups is 1. The van der Waals surface area contributed by atoms with E-state index in [1.165, 1.54) is 6.07 Å². The van der Waals surface area contributed by atoms with Crippen molar-refractivity contribution < 1.29 is 4.92 Å². The molecule has 0 aliphatic heterocycles. The van der Waals surface area contributed by atoms with Crippen LogP contribution in [0.3, 0.4) is 0 Å². The highest BCUT2D eigenvalue weighted by Crippen LogP contribution is 2.30. The van der Waals surface area contributed by atoms with E-state index < -0.39 is 4.92 Å². The summed E-state index contributed by atoms with van der Waals surface area (Å²) in [5.74, 6) is 5.26. The first kappa shape index (κ1) is 14.2. The molecule has 0 bridgehead atoms. The predicted molar refractivity (Wildman–Crippen MR) is 74.6 cm³/mol. The molecular weight excluding hydrogens is 258 g/mol. The van der Waals surface area contributed by atoms with Crippen molar-refractivity contribution in [2.45, 2.75) is 31.8 Å². The summed E-state index contributed by atoms with van der Waals surface area (Å²) in [7, 11) is 0. The second-order valence-electron chi connectivity index (χ2n) is 4.86. The van der Waals surface area contributed by atoms with E-state index in [0.29, 0.717) is 31.2 Å². The van der Waals surface area contributed by atoms with Crippen LogP contribution in [0.4, 0.5) is 11.4 Å². The molecule has 1 aromatic rings. The minimum Gasteiger partial charge on any atom is -0.318 e. The van der Waals surface area contributed by atoms with Gasteiger partial charge in [0, 0.05) is 31.6 Å². The molecule has 0 aromatic heterocycles. The molecule has 2 rings (SSSR count). The molecule has 3 N–H and O–H groups in total. The predicted octanol–water partition coefficient (Wildman–Crippen LogP) is 1.76. The maximum Gasteiger partial charge on any atom is 0.293 e. The Morgan fingerprint density at radius 2 is 2.30 bits per heavy atom. The Balaban J connectivity index is 2.13. The van der Waals surface area contributed by atoms with E-state index in [0.717, 1.165) is 18.4 Å². The molecular formula is C13H17N5O2. The summed E-state index contributed by atoms with van der Waals surface area (Å²) in [4.78, 5) is 12.7. The fraction of sp³-hybridized carbons (Fsp3) is 0.462. The average molecular weight is 275 g/mol. The molecule has 106 valence electrons. The first-order valence-corrected chi connectivity index (χ1v) is 6.50. The Labute approximate surface area is 117 Å². The largest absolute Gasteiger partial charge is 0.318 e. The van der Waals surface area contributed by atoms with Gasteiger partial charge in [0.2, 0.25) is 0 Å². The highest BCUT2D eigenvalue weighted by atomic mass is 16.6. The summed E-state index contributed by atoms with van der Waals surface area (Å²) in [6.45, 7) is 1.32. The number of hydrogen-bond donors (Lipinski definition) is 2. The number of nitro groups is 1. The van der Waals surface area contributed by atoms with Crippen molar-refractivity contribution in [3.8, 4) is 6.07 Å². The molecule has 1 aromatic carbocycles. The van der Waals surface area contributed by atoms with Gasteiger partial charge in [-0.3, -0.25) is 20.9 Å². The Kier molecular flexibility index (Phi) is 4.50. The normalized spacial score (nSPS) is 14.1. The van der Waals surface area contributed by atoms with Gasteiger partial charge in [-0.1, -0.05) is 6.07 Å². The highest BCUT2D eigenvalue weighted by molar-refractivity contribution is 5.61. The number of nitro benzene ring substituents is 1. The van der Waals surface area contributed by atoms with Crippen LogP contribution in [0, 0.1) is 21.4 Å². The lowest BCUT2D eigenvalue weighted by Gasteiger charge is -2.20. The average Bonchev–Trinajstić information content (AvgIpc) is 3.27. The van der Waals surface area contributed by atoms with E-state index in [9.17, 15) is 10.1 Å². The molecule has 0 amide bonds. The highest BCUT2D eigenvalue weighted by Gasteiger charge is 2.29. The minimum absolute atomic E-state index is 0.0268. The summed E-state index contributed by atoms with van der Waals surface area (Å²) in [6, 6.07) is 7.62. The van der Waals surface area contributed by atoms with Gasteiger partial charge in [-0.2, -0.15) is 5.26 Å². The fourth-order valence-corrected chi connectivity index (χ4v) is 2.21. The number of nitrogens with one attached hydrogen (secondary N) is 1. The van der Waals surface area contributed by atoms with Crippen LogP contribution in [0.25, 0.3) is 0 Å². The maximum absolute atomic E-state index is 11.0. The summed E-state index contributed by atoms with van der Waals surface area (Å²) < 4.78 is 0. The van der Waals surface area contributed by atoms with E-state index in [1.54, 1.807) is 6.07 Å². The number of nitrogens with two attached hydrogens (primary N) is 1. The third kappa shape index (κ3) is 3.44. The molecule has 1 aliphatic carbocycles. The van der Waals surface area contributed by atoms with E-state index in [1.807, 2.05) is 6.07 Å². The van der Waals surface area contributed by atoms with Gasteiger partial charge in [0.1, 0.15) is 5.69 Å². The third-order valence-electron chi connectivity index (χ3n) is 3.37. The van der Waals surface area contributed by atoms with Crippen LogP contribution < -0.4 is 11.3 Å². The molecule has 0 heterocycles. The summed E-state index contributed by atoms with van der Waals surface area (Å²) in [5.41, 5.74) is 3.46. The number of nitrogen functional groups attached to an aromatic ring is 1. The molecule has 0 spiro atoms. The van der Waals surface area contributed by atoms with Crippen molar-refractivity contribution in [3.63, 3.8) is 0 Å². The number of nitrogens with zero attached hydrogens (tertiary/aromatic N) is 3. The molecule has 0 radical (unpaired) electrons. The Bertz CT molecular complexity index is 536. The Morgan fingerprint density at radius 1 is 1.55 bits per heavy atom. The van der Waals surface area contributed by atoms with Crippen LogP contribution in [-0.2, 0) is 6.54 Å². The van der Waals surface area contributed by atoms with Gasteiger partial charge >= 0.3 is 0 Å². The lowest BCUT2D eigenvalue weighted by molar-refractivity contribution is -0.384. The fourth-order valence-electron chi connectivity index (χ4n) is 2.21. The van der Waals surface area contributed by atoms with E-state index in [-0.39, 0.29) is 5.69 Å².